The molecule has 9 nitrogen and oxygen atoms in total. The van der Waals surface area contributed by atoms with Crippen molar-refractivity contribution in [3.63, 3.8) is 0 Å². The quantitative estimate of drug-likeness (QED) is 0.645. The molecule has 0 aliphatic rings. The molecule has 2 rings (SSSR count). The number of hydrogen-bond donors (Lipinski definition) is 3. The first kappa shape index (κ1) is 23.4. The average molecular weight is 412 g/mol. The van der Waals surface area contributed by atoms with Gasteiger partial charge < -0.3 is 20.4 Å². The highest BCUT2D eigenvalue weighted by Gasteiger charge is 2.15. The van der Waals surface area contributed by atoms with Crippen LogP contribution in [0, 0.1) is 0 Å². The number of carbonyl (C=O) groups excluding carboxylic acids is 1. The van der Waals surface area contributed by atoms with Crippen LogP contribution in [0.15, 0.2) is 35.2 Å². The van der Waals surface area contributed by atoms with E-state index in [-0.39, 0.29) is 10.8 Å². The predicted octanol–water partition coefficient (Wildman–Crippen LogP) is 2.37. The second-order valence-electron chi connectivity index (χ2n) is 6.63. The fourth-order valence-corrected chi connectivity index (χ4v) is 2.75. The van der Waals surface area contributed by atoms with Crippen LogP contribution < -0.4 is 16.2 Å². The summed E-state index contributed by atoms with van der Waals surface area (Å²) in [5, 5.41) is 7.73. The van der Waals surface area contributed by atoms with Gasteiger partial charge >= 0.3 is 6.09 Å². The lowest BCUT2D eigenvalue weighted by molar-refractivity contribution is 0.0534. The van der Waals surface area contributed by atoms with Crippen molar-refractivity contribution in [2.45, 2.75) is 51.7 Å². The highest BCUT2D eigenvalue weighted by Crippen LogP contribution is 2.21. The number of nitrogens with two attached hydrogens (primary N) is 2. The van der Waals surface area contributed by atoms with Crippen molar-refractivity contribution in [3.8, 4) is 0 Å². The number of anilines is 1. The van der Waals surface area contributed by atoms with Gasteiger partial charge in [-0.3, -0.25) is 0 Å². The first-order valence-corrected chi connectivity index (χ1v) is 10.4. The molecule has 0 fully saturated rings. The Morgan fingerprint density at radius 1 is 1.29 bits per heavy atom. The number of aromatic nitrogens is 2. The van der Waals surface area contributed by atoms with Crippen LogP contribution in [0.3, 0.4) is 0 Å². The van der Waals surface area contributed by atoms with E-state index in [9.17, 15) is 13.2 Å². The number of rotatable bonds is 5. The molecule has 1 amide bonds. The number of benzene rings is 1. The molecule has 0 saturated heterocycles. The van der Waals surface area contributed by atoms with Gasteiger partial charge in [-0.05, 0) is 39.0 Å². The van der Waals surface area contributed by atoms with Gasteiger partial charge in [0.1, 0.15) is 5.60 Å². The van der Waals surface area contributed by atoms with E-state index in [0.717, 1.165) is 0 Å². The fourth-order valence-electron chi connectivity index (χ4n) is 2.22. The third-order valence-corrected chi connectivity index (χ3v) is 4.21. The number of primary sulfonamides is 1. The number of amides is 1. The summed E-state index contributed by atoms with van der Waals surface area (Å²) in [5.74, 6) is 0.247. The van der Waals surface area contributed by atoms with Gasteiger partial charge in [0.05, 0.1) is 15.9 Å². The minimum absolute atomic E-state index is 0.0215. The Labute approximate surface area is 165 Å². The molecule has 0 unspecified atom stereocenters. The Morgan fingerprint density at radius 2 is 1.93 bits per heavy atom. The van der Waals surface area contributed by atoms with Crippen LogP contribution in [0.5, 0.6) is 0 Å². The summed E-state index contributed by atoms with van der Waals surface area (Å²) in [5.41, 5.74) is 6.46. The van der Waals surface area contributed by atoms with Crippen molar-refractivity contribution >= 4 is 33.1 Å². The van der Waals surface area contributed by atoms with Crippen LogP contribution in [0.4, 0.5) is 10.7 Å². The number of ether oxygens (including phenoxy) is 1. The summed E-state index contributed by atoms with van der Waals surface area (Å²) in [6.45, 7) is 10.1. The smallest absolute Gasteiger partial charge is 0.407 e. The number of nitrogen functional groups attached to an aromatic ring is 1. The Balaban J connectivity index is 0.00000190. The molecular formula is C18H29N5O4S. The van der Waals surface area contributed by atoms with Gasteiger partial charge in [-0.1, -0.05) is 26.0 Å². The summed E-state index contributed by atoms with van der Waals surface area (Å²) in [6.07, 6.45) is 3.07. The molecule has 5 N–H and O–H groups in total. The maximum Gasteiger partial charge on any atom is 0.407 e. The molecule has 0 atom stereocenters. The van der Waals surface area contributed by atoms with Gasteiger partial charge in [0.25, 0.3) is 0 Å². The lowest BCUT2D eigenvalue weighted by atomic mass is 10.2. The molecular weight excluding hydrogens is 382 g/mol. The van der Waals surface area contributed by atoms with E-state index in [2.05, 4.69) is 10.3 Å². The summed E-state index contributed by atoms with van der Waals surface area (Å²) in [7, 11) is -3.80. The van der Waals surface area contributed by atoms with Crippen LogP contribution >= 0.6 is 0 Å². The number of carbonyl (C=O) groups is 1. The van der Waals surface area contributed by atoms with Gasteiger partial charge in [-0.15, -0.1) is 0 Å². The third-order valence-electron chi connectivity index (χ3n) is 3.30. The number of alkyl carbamates (subject to hydrolysis) is 1. The standard InChI is InChI=1S/C16H23N5O4S.C2H6/c1-16(2,3)25-15(22)19-8-4-5-9-21-13-7-6-11(26(18,23)24)10-12(13)20-14(21)17;1-2/h4-7,10H,8-9H2,1-3H3,(H2,17,20)(H,19,22)(H2,18,23,24);1-2H3/b5-4+;. The van der Waals surface area contributed by atoms with Crippen molar-refractivity contribution in [2.24, 2.45) is 5.14 Å². The maximum absolute atomic E-state index is 11.5. The number of sulfonamides is 1. The first-order chi connectivity index (χ1) is 13.0. The normalized spacial score (nSPS) is 11.9. The Bertz CT molecular complexity index is 943. The van der Waals surface area contributed by atoms with Gasteiger partial charge in [0, 0.05) is 13.1 Å². The zero-order chi connectivity index (χ0) is 21.5. The minimum Gasteiger partial charge on any atom is -0.444 e. The molecule has 0 aliphatic carbocycles. The monoisotopic (exact) mass is 411 g/mol. The van der Waals surface area contributed by atoms with Crippen LogP contribution in [0.1, 0.15) is 34.6 Å². The topological polar surface area (TPSA) is 142 Å². The highest BCUT2D eigenvalue weighted by molar-refractivity contribution is 7.89. The van der Waals surface area contributed by atoms with Gasteiger partial charge in [-0.25, -0.2) is 23.3 Å². The van der Waals surface area contributed by atoms with E-state index in [1.807, 2.05) is 19.9 Å². The minimum atomic E-state index is -3.80. The SMILES string of the molecule is CC.CC(C)(C)OC(=O)NC/C=C/Cn1c(N)nc2cc(S(N)(=O)=O)ccc21. The molecule has 0 spiro atoms. The first-order valence-electron chi connectivity index (χ1n) is 8.88. The van der Waals surface area contributed by atoms with Crippen molar-refractivity contribution in [1.82, 2.24) is 14.9 Å². The van der Waals surface area contributed by atoms with E-state index in [4.69, 9.17) is 15.6 Å². The van der Waals surface area contributed by atoms with Crippen molar-refractivity contribution in [1.29, 1.82) is 0 Å². The zero-order valence-electron chi connectivity index (χ0n) is 16.9. The summed E-state index contributed by atoms with van der Waals surface area (Å²) < 4.78 is 29.7. The second kappa shape index (κ2) is 9.56. The number of allylic oxidation sites excluding steroid dienone is 1. The molecule has 156 valence electrons. The van der Waals surface area contributed by atoms with E-state index < -0.39 is 21.7 Å². The molecule has 0 aliphatic heterocycles. The van der Waals surface area contributed by atoms with E-state index >= 15 is 0 Å². The summed E-state index contributed by atoms with van der Waals surface area (Å²) in [4.78, 5) is 15.7. The summed E-state index contributed by atoms with van der Waals surface area (Å²) >= 11 is 0. The fraction of sp³-hybridized carbons (Fsp3) is 0.444. The number of fused-ring (bicyclic) bond motifs is 1. The van der Waals surface area contributed by atoms with Gasteiger partial charge in [0.15, 0.2) is 0 Å². The molecule has 10 heteroatoms. The molecule has 0 saturated carbocycles. The summed E-state index contributed by atoms with van der Waals surface area (Å²) in [6, 6.07) is 4.39. The predicted molar refractivity (Wildman–Crippen MR) is 110 cm³/mol. The Hall–Kier alpha value is -2.59. The van der Waals surface area contributed by atoms with Crippen molar-refractivity contribution < 1.29 is 17.9 Å². The number of nitrogens with zero attached hydrogens (tertiary/aromatic N) is 2. The molecule has 0 radical (unpaired) electrons. The number of nitrogens with one attached hydrogen (secondary N) is 1. The Kier molecular flexibility index (Phi) is 8.01. The van der Waals surface area contributed by atoms with Crippen LogP contribution in [-0.4, -0.2) is 36.2 Å². The maximum atomic E-state index is 11.5. The molecule has 0 bridgehead atoms. The zero-order valence-corrected chi connectivity index (χ0v) is 17.7. The highest BCUT2D eigenvalue weighted by atomic mass is 32.2. The average Bonchev–Trinajstić information content (AvgIpc) is 2.88. The molecule has 2 aromatic rings. The second-order valence-corrected chi connectivity index (χ2v) is 8.19. The lowest BCUT2D eigenvalue weighted by Gasteiger charge is -2.19. The lowest BCUT2D eigenvalue weighted by Crippen LogP contribution is -2.32. The number of imidazole rings is 1. The van der Waals surface area contributed by atoms with Gasteiger partial charge in [0.2, 0.25) is 16.0 Å². The van der Waals surface area contributed by atoms with Crippen LogP contribution in [-0.2, 0) is 21.3 Å². The number of hydrogen-bond acceptors (Lipinski definition) is 6. The largest absolute Gasteiger partial charge is 0.444 e. The van der Waals surface area contributed by atoms with Crippen LogP contribution in [0.25, 0.3) is 11.0 Å². The van der Waals surface area contributed by atoms with Crippen molar-refractivity contribution in [3.05, 3.63) is 30.4 Å². The van der Waals surface area contributed by atoms with E-state index in [1.54, 1.807) is 37.5 Å². The van der Waals surface area contributed by atoms with Crippen molar-refractivity contribution in [2.75, 3.05) is 12.3 Å². The molecule has 1 heterocycles. The third kappa shape index (κ3) is 6.86. The molecule has 1 aromatic heterocycles. The Morgan fingerprint density at radius 3 is 2.50 bits per heavy atom. The van der Waals surface area contributed by atoms with E-state index in [1.165, 1.54) is 12.1 Å². The van der Waals surface area contributed by atoms with Crippen LogP contribution in [0.2, 0.25) is 0 Å². The van der Waals surface area contributed by atoms with Gasteiger partial charge in [-0.2, -0.15) is 0 Å². The molecule has 1 aromatic carbocycles. The molecule has 28 heavy (non-hydrogen) atoms. The van der Waals surface area contributed by atoms with E-state index in [0.29, 0.717) is 24.1 Å².